The predicted octanol–water partition coefficient (Wildman–Crippen LogP) is 5.05. The monoisotopic (exact) mass is 356 g/mol. The molecule has 0 bridgehead atoms. The number of ether oxygens (including phenoxy) is 1. The van der Waals surface area contributed by atoms with Gasteiger partial charge >= 0.3 is 0 Å². The molecule has 4 nitrogen and oxygen atoms in total. The summed E-state index contributed by atoms with van der Waals surface area (Å²) in [6.07, 6.45) is 4.88. The van der Waals surface area contributed by atoms with Gasteiger partial charge in [0.05, 0.1) is 0 Å². The fourth-order valence-corrected chi connectivity index (χ4v) is 2.80. The van der Waals surface area contributed by atoms with E-state index in [1.807, 2.05) is 38.4 Å². The van der Waals surface area contributed by atoms with Crippen LogP contribution in [0.3, 0.4) is 0 Å². The van der Waals surface area contributed by atoms with Gasteiger partial charge in [0.25, 0.3) is 0 Å². The Morgan fingerprint density at radius 2 is 1.42 bits per heavy atom. The van der Waals surface area contributed by atoms with E-state index in [1.165, 1.54) is 19.3 Å². The molecule has 0 fully saturated rings. The lowest BCUT2D eigenvalue weighted by Gasteiger charge is -2.25. The van der Waals surface area contributed by atoms with E-state index in [0.717, 1.165) is 36.6 Å². The van der Waals surface area contributed by atoms with Crippen molar-refractivity contribution >= 4 is 11.4 Å². The van der Waals surface area contributed by atoms with Gasteiger partial charge in [-0.15, -0.1) is 0 Å². The Hall–Kier alpha value is -2.20. The summed E-state index contributed by atoms with van der Waals surface area (Å²) in [6, 6.07) is 15.7. The summed E-state index contributed by atoms with van der Waals surface area (Å²) < 4.78 is 5.79. The molecule has 0 radical (unpaired) electrons. The van der Waals surface area contributed by atoms with Crippen LogP contribution in [0.5, 0.6) is 11.5 Å². The zero-order chi connectivity index (χ0) is 18.8. The highest BCUT2D eigenvalue weighted by molar-refractivity contribution is 5.64. The molecule has 0 heterocycles. The van der Waals surface area contributed by atoms with Crippen molar-refractivity contribution in [2.24, 2.45) is 0 Å². The van der Waals surface area contributed by atoms with Gasteiger partial charge in [-0.05, 0) is 69.0 Å². The van der Waals surface area contributed by atoms with Gasteiger partial charge in [0.2, 0.25) is 0 Å². The third-order valence-electron chi connectivity index (χ3n) is 4.35. The second kappa shape index (κ2) is 10.7. The molecule has 0 spiro atoms. The van der Waals surface area contributed by atoms with E-state index in [0.29, 0.717) is 12.4 Å². The van der Waals surface area contributed by atoms with Gasteiger partial charge in [-0.2, -0.15) is 0 Å². The second-order valence-electron chi connectivity index (χ2n) is 6.87. The Bertz CT molecular complexity index is 624. The normalized spacial score (nSPS) is 10.9. The summed E-state index contributed by atoms with van der Waals surface area (Å²) in [6.45, 7) is 4.78. The van der Waals surface area contributed by atoms with Crippen molar-refractivity contribution < 1.29 is 9.84 Å². The third-order valence-corrected chi connectivity index (χ3v) is 4.35. The second-order valence-corrected chi connectivity index (χ2v) is 6.87. The summed E-state index contributed by atoms with van der Waals surface area (Å²) in [5, 5.41) is 9.57. The van der Waals surface area contributed by atoms with Crippen LogP contribution in [0.25, 0.3) is 0 Å². The first-order chi connectivity index (χ1) is 12.6. The van der Waals surface area contributed by atoms with Crippen molar-refractivity contribution in [2.75, 3.05) is 38.7 Å². The number of phenolic OH excluding ortho intramolecular Hbond substituents is 1. The first-order valence-corrected chi connectivity index (χ1v) is 9.54. The van der Waals surface area contributed by atoms with Crippen molar-refractivity contribution in [3.8, 4) is 11.5 Å². The number of likely N-dealkylation sites (N-methyl/N-ethyl adjacent to an activating group) is 1. The van der Waals surface area contributed by atoms with Gasteiger partial charge in [0.15, 0.2) is 0 Å². The summed E-state index contributed by atoms with van der Waals surface area (Å²) in [5.41, 5.74) is 2.24. The van der Waals surface area contributed by atoms with Crippen LogP contribution in [0.2, 0.25) is 0 Å². The topological polar surface area (TPSA) is 35.9 Å². The SMILES string of the molecule is CCCCCCN(c1ccc(O)cc1)c1ccc(OCCN(C)C)cc1. The van der Waals surface area contributed by atoms with Gasteiger partial charge in [0.1, 0.15) is 18.1 Å². The predicted molar refractivity (Wildman–Crippen MR) is 110 cm³/mol. The lowest BCUT2D eigenvalue weighted by atomic mass is 10.1. The first kappa shape index (κ1) is 20.1. The number of hydrogen-bond acceptors (Lipinski definition) is 4. The number of unbranched alkanes of at least 4 members (excludes halogenated alkanes) is 3. The molecule has 2 aromatic rings. The maximum atomic E-state index is 9.57. The van der Waals surface area contributed by atoms with Crippen molar-refractivity contribution in [3.05, 3.63) is 48.5 Å². The molecule has 4 heteroatoms. The summed E-state index contributed by atoms with van der Waals surface area (Å²) in [4.78, 5) is 4.41. The van der Waals surface area contributed by atoms with Gasteiger partial charge in [-0.1, -0.05) is 26.2 Å². The largest absolute Gasteiger partial charge is 0.508 e. The fourth-order valence-electron chi connectivity index (χ4n) is 2.80. The summed E-state index contributed by atoms with van der Waals surface area (Å²) in [7, 11) is 4.08. The van der Waals surface area contributed by atoms with E-state index >= 15 is 0 Å². The summed E-state index contributed by atoms with van der Waals surface area (Å²) >= 11 is 0. The maximum Gasteiger partial charge on any atom is 0.119 e. The third kappa shape index (κ3) is 6.60. The highest BCUT2D eigenvalue weighted by atomic mass is 16.5. The van der Waals surface area contributed by atoms with Crippen LogP contribution >= 0.6 is 0 Å². The molecule has 0 amide bonds. The van der Waals surface area contributed by atoms with Crippen molar-refractivity contribution in [2.45, 2.75) is 32.6 Å². The van der Waals surface area contributed by atoms with Crippen LogP contribution in [0.1, 0.15) is 32.6 Å². The van der Waals surface area contributed by atoms with Crippen molar-refractivity contribution in [3.63, 3.8) is 0 Å². The van der Waals surface area contributed by atoms with Gasteiger partial charge in [-0.3, -0.25) is 0 Å². The summed E-state index contributed by atoms with van der Waals surface area (Å²) in [5.74, 6) is 1.19. The quantitative estimate of drug-likeness (QED) is 0.572. The molecule has 0 saturated heterocycles. The van der Waals surface area contributed by atoms with Gasteiger partial charge in [-0.25, -0.2) is 0 Å². The Morgan fingerprint density at radius 1 is 0.808 bits per heavy atom. The minimum atomic E-state index is 0.296. The lowest BCUT2D eigenvalue weighted by Crippen LogP contribution is -2.19. The highest BCUT2D eigenvalue weighted by Crippen LogP contribution is 2.29. The number of hydrogen-bond donors (Lipinski definition) is 1. The van der Waals surface area contributed by atoms with E-state index in [9.17, 15) is 5.11 Å². The van der Waals surface area contributed by atoms with Crippen LogP contribution in [0.4, 0.5) is 11.4 Å². The molecule has 26 heavy (non-hydrogen) atoms. The number of aromatic hydroxyl groups is 1. The number of rotatable bonds is 11. The molecule has 0 aliphatic rings. The van der Waals surface area contributed by atoms with Crippen LogP contribution in [-0.2, 0) is 0 Å². The minimum absolute atomic E-state index is 0.296. The molecule has 1 N–H and O–H groups in total. The molecule has 142 valence electrons. The lowest BCUT2D eigenvalue weighted by molar-refractivity contribution is 0.261. The number of nitrogens with zero attached hydrogens (tertiary/aromatic N) is 2. The zero-order valence-corrected chi connectivity index (χ0v) is 16.3. The molecule has 2 rings (SSSR count). The molecule has 0 unspecified atom stereocenters. The fraction of sp³-hybridized carbons (Fsp3) is 0.455. The Labute approximate surface area is 158 Å². The van der Waals surface area contributed by atoms with Crippen molar-refractivity contribution in [1.29, 1.82) is 0 Å². The standard InChI is InChI=1S/C22H32N2O2/c1-4-5-6-7-16-24(19-8-12-21(25)13-9-19)20-10-14-22(15-11-20)26-18-17-23(2)3/h8-15,25H,4-7,16-18H2,1-3H3. The highest BCUT2D eigenvalue weighted by Gasteiger charge is 2.10. The van der Waals surface area contributed by atoms with E-state index < -0.39 is 0 Å². The molecule has 0 atom stereocenters. The maximum absolute atomic E-state index is 9.57. The molecule has 2 aromatic carbocycles. The van der Waals surface area contributed by atoms with Crippen molar-refractivity contribution in [1.82, 2.24) is 4.90 Å². The molecular weight excluding hydrogens is 324 g/mol. The Kier molecular flexibility index (Phi) is 8.29. The van der Waals surface area contributed by atoms with Crippen LogP contribution in [0.15, 0.2) is 48.5 Å². The number of anilines is 2. The van der Waals surface area contributed by atoms with Crippen LogP contribution in [-0.4, -0.2) is 43.8 Å². The van der Waals surface area contributed by atoms with E-state index in [4.69, 9.17) is 4.74 Å². The molecule has 0 aliphatic heterocycles. The van der Waals surface area contributed by atoms with Crippen LogP contribution in [0, 0.1) is 0 Å². The molecule has 0 aliphatic carbocycles. The average Bonchev–Trinajstić information content (AvgIpc) is 2.63. The smallest absolute Gasteiger partial charge is 0.119 e. The number of phenols is 1. The molecule has 0 aromatic heterocycles. The van der Waals surface area contributed by atoms with Crippen LogP contribution < -0.4 is 9.64 Å². The van der Waals surface area contributed by atoms with Gasteiger partial charge in [0, 0.05) is 24.5 Å². The van der Waals surface area contributed by atoms with E-state index in [1.54, 1.807) is 12.1 Å². The first-order valence-electron chi connectivity index (χ1n) is 9.54. The molecular formula is C22H32N2O2. The van der Waals surface area contributed by atoms with E-state index in [2.05, 4.69) is 28.9 Å². The Balaban J connectivity index is 2.07. The average molecular weight is 357 g/mol. The zero-order valence-electron chi connectivity index (χ0n) is 16.3. The van der Waals surface area contributed by atoms with Gasteiger partial charge < -0.3 is 19.6 Å². The molecule has 0 saturated carbocycles. The van der Waals surface area contributed by atoms with E-state index in [-0.39, 0.29) is 0 Å². The Morgan fingerprint density at radius 3 is 2.00 bits per heavy atom. The minimum Gasteiger partial charge on any atom is -0.508 e. The number of benzene rings is 2.